The standard InChI is InChI=1S/C11H25NO3Si/c1-5-6-7-8-9-11(12-2,10(13)14)15-16(3)4/h12,16H,5-9H2,1-4H3,(H,13,14). The molecule has 0 bridgehead atoms. The lowest BCUT2D eigenvalue weighted by Crippen LogP contribution is -2.54. The number of carbonyl (C=O) groups is 1. The van der Waals surface area contributed by atoms with Crippen LogP contribution < -0.4 is 5.32 Å². The monoisotopic (exact) mass is 247 g/mol. The Morgan fingerprint density at radius 1 is 1.38 bits per heavy atom. The summed E-state index contributed by atoms with van der Waals surface area (Å²) in [6.07, 6.45) is 4.81. The second kappa shape index (κ2) is 7.81. The van der Waals surface area contributed by atoms with Crippen LogP contribution in [-0.4, -0.2) is 32.9 Å². The number of hydrogen-bond donors (Lipinski definition) is 2. The van der Waals surface area contributed by atoms with Gasteiger partial charge in [0, 0.05) is 6.42 Å². The van der Waals surface area contributed by atoms with Crippen LogP contribution in [0.3, 0.4) is 0 Å². The molecule has 0 heterocycles. The van der Waals surface area contributed by atoms with Crippen LogP contribution in [0.15, 0.2) is 0 Å². The van der Waals surface area contributed by atoms with Crippen LogP contribution >= 0.6 is 0 Å². The number of carboxylic acids is 1. The van der Waals surface area contributed by atoms with Crippen LogP contribution in [0.25, 0.3) is 0 Å². The lowest BCUT2D eigenvalue weighted by molar-refractivity contribution is -0.159. The second-order valence-electron chi connectivity index (χ2n) is 4.36. The fraction of sp³-hybridized carbons (Fsp3) is 0.909. The van der Waals surface area contributed by atoms with Crippen molar-refractivity contribution < 1.29 is 14.3 Å². The molecule has 16 heavy (non-hydrogen) atoms. The summed E-state index contributed by atoms with van der Waals surface area (Å²) in [5.41, 5.74) is -1.16. The summed E-state index contributed by atoms with van der Waals surface area (Å²) < 4.78 is 5.66. The van der Waals surface area contributed by atoms with Gasteiger partial charge in [0.2, 0.25) is 5.72 Å². The van der Waals surface area contributed by atoms with Crippen molar-refractivity contribution in [2.24, 2.45) is 0 Å². The smallest absolute Gasteiger partial charge is 0.350 e. The molecule has 0 radical (unpaired) electrons. The minimum atomic E-state index is -1.37. The van der Waals surface area contributed by atoms with Gasteiger partial charge in [-0.1, -0.05) is 26.2 Å². The van der Waals surface area contributed by atoms with E-state index < -0.39 is 20.7 Å². The van der Waals surface area contributed by atoms with Gasteiger partial charge in [0.05, 0.1) is 0 Å². The Morgan fingerprint density at radius 3 is 2.38 bits per heavy atom. The van der Waals surface area contributed by atoms with Crippen molar-refractivity contribution in [1.29, 1.82) is 0 Å². The molecule has 0 fully saturated rings. The van der Waals surface area contributed by atoms with Gasteiger partial charge in [-0.25, -0.2) is 4.79 Å². The maximum absolute atomic E-state index is 11.3. The van der Waals surface area contributed by atoms with E-state index in [0.717, 1.165) is 25.7 Å². The minimum absolute atomic E-state index is 0.546. The van der Waals surface area contributed by atoms with Crippen molar-refractivity contribution in [1.82, 2.24) is 5.32 Å². The first-order valence-corrected chi connectivity index (χ1v) is 8.86. The molecule has 5 heteroatoms. The highest BCUT2D eigenvalue weighted by Crippen LogP contribution is 2.18. The van der Waals surface area contributed by atoms with Gasteiger partial charge in [0.25, 0.3) is 0 Å². The van der Waals surface area contributed by atoms with Crippen molar-refractivity contribution in [3.8, 4) is 0 Å². The summed E-state index contributed by atoms with van der Waals surface area (Å²) in [7, 11) is 0.286. The highest BCUT2D eigenvalue weighted by molar-refractivity contribution is 6.48. The molecule has 2 N–H and O–H groups in total. The quantitative estimate of drug-likeness (QED) is 0.371. The number of nitrogens with one attached hydrogen (secondary N) is 1. The summed E-state index contributed by atoms with van der Waals surface area (Å²) >= 11 is 0. The number of rotatable bonds is 9. The molecule has 4 nitrogen and oxygen atoms in total. The molecule has 0 aromatic heterocycles. The molecule has 0 aromatic rings. The predicted molar refractivity (Wildman–Crippen MR) is 68.1 cm³/mol. The first-order chi connectivity index (χ1) is 7.48. The molecule has 0 amide bonds. The highest BCUT2D eigenvalue weighted by atomic mass is 28.3. The van der Waals surface area contributed by atoms with Gasteiger partial charge < -0.3 is 9.53 Å². The van der Waals surface area contributed by atoms with Crippen LogP contribution in [0.4, 0.5) is 0 Å². The van der Waals surface area contributed by atoms with E-state index in [4.69, 9.17) is 4.43 Å². The molecule has 0 aliphatic heterocycles. The van der Waals surface area contributed by atoms with Crippen molar-refractivity contribution in [3.63, 3.8) is 0 Å². The van der Waals surface area contributed by atoms with Gasteiger partial charge in [-0.15, -0.1) is 0 Å². The summed E-state index contributed by atoms with van der Waals surface area (Å²) in [5.74, 6) is -0.896. The summed E-state index contributed by atoms with van der Waals surface area (Å²) in [6.45, 7) is 6.11. The highest BCUT2D eigenvalue weighted by Gasteiger charge is 2.38. The first-order valence-electron chi connectivity index (χ1n) is 6.08. The molecule has 1 unspecified atom stereocenters. The summed E-state index contributed by atoms with van der Waals surface area (Å²) in [4.78, 5) is 11.3. The fourth-order valence-corrected chi connectivity index (χ4v) is 2.85. The maximum Gasteiger partial charge on any atom is 0.350 e. The maximum atomic E-state index is 11.3. The molecule has 0 spiro atoms. The summed E-state index contributed by atoms with van der Waals surface area (Å²) in [5, 5.41) is 12.1. The topological polar surface area (TPSA) is 58.6 Å². The van der Waals surface area contributed by atoms with Crippen LogP contribution in [0.2, 0.25) is 13.1 Å². The van der Waals surface area contributed by atoms with Gasteiger partial charge in [0.1, 0.15) is 0 Å². The predicted octanol–water partition coefficient (Wildman–Crippen LogP) is 1.96. The lowest BCUT2D eigenvalue weighted by atomic mass is 10.0. The van der Waals surface area contributed by atoms with Crippen molar-refractivity contribution in [2.45, 2.75) is 57.8 Å². The van der Waals surface area contributed by atoms with Crippen molar-refractivity contribution >= 4 is 15.0 Å². The zero-order chi connectivity index (χ0) is 12.6. The zero-order valence-electron chi connectivity index (χ0n) is 10.9. The SMILES string of the molecule is CCCCCCC(NC)(O[SiH](C)C)C(=O)O. The Kier molecular flexibility index (Phi) is 7.62. The van der Waals surface area contributed by atoms with E-state index in [0.29, 0.717) is 6.42 Å². The third kappa shape index (κ3) is 5.09. The van der Waals surface area contributed by atoms with Gasteiger partial charge in [0.15, 0.2) is 9.04 Å². The van der Waals surface area contributed by atoms with E-state index in [1.165, 1.54) is 0 Å². The Balaban J connectivity index is 4.34. The van der Waals surface area contributed by atoms with Gasteiger partial charge in [-0.3, -0.25) is 5.32 Å². The summed E-state index contributed by atoms with van der Waals surface area (Å²) in [6, 6.07) is 0. The average Bonchev–Trinajstić information content (AvgIpc) is 2.21. The number of hydrogen-bond acceptors (Lipinski definition) is 3. The van der Waals surface area contributed by atoms with Crippen LogP contribution in [0, 0.1) is 0 Å². The molecule has 0 aliphatic rings. The molecule has 0 saturated carbocycles. The van der Waals surface area contributed by atoms with E-state index in [-0.39, 0.29) is 0 Å². The fourth-order valence-electron chi connectivity index (χ4n) is 1.71. The zero-order valence-corrected chi connectivity index (χ0v) is 12.0. The molecule has 0 aliphatic carbocycles. The Hall–Kier alpha value is -0.393. The molecular weight excluding hydrogens is 222 g/mol. The number of aliphatic carboxylic acids is 1. The van der Waals surface area contributed by atoms with E-state index in [1.807, 2.05) is 13.1 Å². The largest absolute Gasteiger partial charge is 0.478 e. The molecule has 0 aromatic carbocycles. The number of carboxylic acid groups (broad SMARTS) is 1. The second-order valence-corrected chi connectivity index (χ2v) is 6.69. The molecule has 0 saturated heterocycles. The van der Waals surface area contributed by atoms with Crippen LogP contribution in [0.5, 0.6) is 0 Å². The number of unbranched alkanes of at least 4 members (excludes halogenated alkanes) is 3. The molecule has 96 valence electrons. The van der Waals surface area contributed by atoms with Crippen molar-refractivity contribution in [2.75, 3.05) is 7.05 Å². The lowest BCUT2D eigenvalue weighted by Gasteiger charge is -2.31. The Morgan fingerprint density at radius 2 is 2.00 bits per heavy atom. The first kappa shape index (κ1) is 15.6. The minimum Gasteiger partial charge on any atom is -0.478 e. The molecule has 0 rings (SSSR count). The average molecular weight is 247 g/mol. The van der Waals surface area contributed by atoms with Crippen LogP contribution in [0.1, 0.15) is 39.0 Å². The van der Waals surface area contributed by atoms with Gasteiger partial charge in [-0.2, -0.15) is 0 Å². The van der Waals surface area contributed by atoms with Gasteiger partial charge >= 0.3 is 5.97 Å². The number of likely N-dealkylation sites (N-methyl/N-ethyl adjacent to an activating group) is 1. The van der Waals surface area contributed by atoms with E-state index in [9.17, 15) is 9.90 Å². The van der Waals surface area contributed by atoms with E-state index in [1.54, 1.807) is 7.05 Å². The van der Waals surface area contributed by atoms with Crippen molar-refractivity contribution in [3.05, 3.63) is 0 Å². The normalized spacial score (nSPS) is 15.1. The Bertz CT molecular complexity index is 211. The van der Waals surface area contributed by atoms with E-state index in [2.05, 4.69) is 12.2 Å². The third-order valence-electron chi connectivity index (χ3n) is 2.57. The van der Waals surface area contributed by atoms with Crippen LogP contribution in [-0.2, 0) is 9.22 Å². The third-order valence-corrected chi connectivity index (χ3v) is 3.44. The molecular formula is C11H25NO3Si. The molecule has 1 atom stereocenters. The van der Waals surface area contributed by atoms with E-state index >= 15 is 0 Å². The Labute approximate surface area is 100 Å². The van der Waals surface area contributed by atoms with Gasteiger partial charge in [-0.05, 0) is 26.6 Å².